The molecule has 0 radical (unpaired) electrons. The van der Waals surface area contributed by atoms with E-state index in [1.807, 2.05) is 18.2 Å². The molecule has 2 heterocycles. The lowest BCUT2D eigenvalue weighted by molar-refractivity contribution is 0.0763. The Kier molecular flexibility index (Phi) is 5.86. The maximum absolute atomic E-state index is 11.7. The number of ether oxygens (including phenoxy) is 1. The van der Waals surface area contributed by atoms with Crippen LogP contribution >= 0.6 is 11.3 Å². The van der Waals surface area contributed by atoms with Gasteiger partial charge in [-0.05, 0) is 25.0 Å². The van der Waals surface area contributed by atoms with Crippen molar-refractivity contribution in [2.75, 3.05) is 18.9 Å². The normalized spacial score (nSPS) is 19.1. The summed E-state index contributed by atoms with van der Waals surface area (Å²) >= 11 is 1.54. The lowest BCUT2D eigenvalue weighted by atomic mass is 9.86. The second kappa shape index (κ2) is 8.71. The minimum Gasteiger partial charge on any atom is -0.437 e. The van der Waals surface area contributed by atoms with E-state index >= 15 is 0 Å². The Morgan fingerprint density at radius 2 is 2.14 bits per heavy atom. The average Bonchev–Trinajstić information content (AvgIpc) is 3.15. The topological polar surface area (TPSA) is 109 Å². The Morgan fingerprint density at radius 3 is 2.97 bits per heavy atom. The molecule has 8 nitrogen and oxygen atoms in total. The first kappa shape index (κ1) is 19.5. The Labute approximate surface area is 172 Å². The molecule has 1 unspecified atom stereocenters. The zero-order valence-corrected chi connectivity index (χ0v) is 16.9. The summed E-state index contributed by atoms with van der Waals surface area (Å²) in [6.07, 6.45) is 6.85. The van der Waals surface area contributed by atoms with E-state index in [1.54, 1.807) is 0 Å². The zero-order valence-electron chi connectivity index (χ0n) is 16.1. The first-order valence-corrected chi connectivity index (χ1v) is 10.5. The Hall–Kier alpha value is -2.78. The average molecular weight is 414 g/mol. The number of benzene rings is 1. The van der Waals surface area contributed by atoms with E-state index < -0.39 is 0 Å². The van der Waals surface area contributed by atoms with Crippen molar-refractivity contribution in [1.29, 1.82) is 0 Å². The molecule has 3 aromatic rings. The summed E-state index contributed by atoms with van der Waals surface area (Å²) in [7, 11) is 1.54. The van der Waals surface area contributed by atoms with Gasteiger partial charge in [0.15, 0.2) is 5.13 Å². The van der Waals surface area contributed by atoms with Crippen LogP contribution in [0.25, 0.3) is 10.2 Å². The van der Waals surface area contributed by atoms with Crippen LogP contribution in [-0.2, 0) is 0 Å². The van der Waals surface area contributed by atoms with Crippen molar-refractivity contribution >= 4 is 32.6 Å². The summed E-state index contributed by atoms with van der Waals surface area (Å²) in [5, 5.41) is 16.8. The van der Waals surface area contributed by atoms with Crippen LogP contribution in [0.2, 0.25) is 0 Å². The van der Waals surface area contributed by atoms with Crippen molar-refractivity contribution in [2.45, 2.75) is 31.8 Å². The number of hydrogen-bond donors (Lipinski definition) is 3. The van der Waals surface area contributed by atoms with Crippen LogP contribution in [0, 0.1) is 5.92 Å². The molecule has 1 aromatic carbocycles. The molecule has 1 saturated carbocycles. The molecule has 9 heteroatoms. The highest BCUT2D eigenvalue weighted by Crippen LogP contribution is 2.32. The fourth-order valence-corrected chi connectivity index (χ4v) is 4.35. The fraction of sp³-hybridized carbons (Fsp3) is 0.400. The van der Waals surface area contributed by atoms with Crippen molar-refractivity contribution in [1.82, 2.24) is 20.3 Å². The highest BCUT2D eigenvalue weighted by atomic mass is 32.1. The van der Waals surface area contributed by atoms with Crippen molar-refractivity contribution in [3.63, 3.8) is 0 Å². The molecular formula is C20H23N5O3S. The maximum Gasteiger partial charge on any atom is 0.271 e. The van der Waals surface area contributed by atoms with Crippen LogP contribution in [0.3, 0.4) is 0 Å². The number of thiazole rings is 1. The minimum atomic E-state index is -0.320. The molecule has 1 fully saturated rings. The zero-order chi connectivity index (χ0) is 20.2. The van der Waals surface area contributed by atoms with Gasteiger partial charge in [0.05, 0.1) is 28.7 Å². The molecule has 1 aliphatic carbocycles. The number of fused-ring (bicyclic) bond motifs is 1. The Balaban J connectivity index is 1.45. The number of aliphatic hydroxyl groups is 1. The number of rotatable bonds is 6. The summed E-state index contributed by atoms with van der Waals surface area (Å²) in [4.78, 5) is 24.5. The molecule has 3 N–H and O–H groups in total. The number of anilines is 1. The van der Waals surface area contributed by atoms with E-state index in [2.05, 4.69) is 25.6 Å². The molecule has 1 aliphatic rings. The standard InChI is InChI=1S/C20H23N5O3S/c1-21-19(27)15-10-22-11-18(24-15)28-13-6-7-14-17(8-13)29-20(25-14)23-9-12-4-2-3-5-16(12)26/h6-8,10-12,16,26H,2-5,9H2,1H3,(H,21,27)(H,23,25)/t12?,16-/m1/s1. The van der Waals surface area contributed by atoms with E-state index in [0.29, 0.717) is 5.75 Å². The second-order valence-corrected chi connectivity index (χ2v) is 8.10. The van der Waals surface area contributed by atoms with E-state index in [1.165, 1.54) is 37.2 Å². The maximum atomic E-state index is 11.7. The molecule has 0 bridgehead atoms. The van der Waals surface area contributed by atoms with Crippen LogP contribution in [0.5, 0.6) is 11.6 Å². The molecule has 29 heavy (non-hydrogen) atoms. The lowest BCUT2D eigenvalue weighted by Crippen LogP contribution is -2.30. The fourth-order valence-electron chi connectivity index (χ4n) is 3.44. The van der Waals surface area contributed by atoms with Crippen LogP contribution in [-0.4, -0.2) is 45.7 Å². The van der Waals surface area contributed by atoms with Gasteiger partial charge in [-0.15, -0.1) is 0 Å². The number of carbonyl (C=O) groups is 1. The molecular weight excluding hydrogens is 390 g/mol. The molecule has 152 valence electrons. The number of nitrogens with one attached hydrogen (secondary N) is 2. The van der Waals surface area contributed by atoms with Crippen LogP contribution in [0.1, 0.15) is 36.2 Å². The van der Waals surface area contributed by atoms with Crippen LogP contribution in [0.15, 0.2) is 30.6 Å². The highest BCUT2D eigenvalue weighted by Gasteiger charge is 2.23. The first-order valence-electron chi connectivity index (χ1n) is 9.67. The van der Waals surface area contributed by atoms with Crippen LogP contribution < -0.4 is 15.4 Å². The van der Waals surface area contributed by atoms with Gasteiger partial charge >= 0.3 is 0 Å². The van der Waals surface area contributed by atoms with Crippen LogP contribution in [0.4, 0.5) is 5.13 Å². The van der Waals surface area contributed by atoms with Crippen molar-refractivity contribution in [3.8, 4) is 11.6 Å². The van der Waals surface area contributed by atoms with E-state index in [9.17, 15) is 9.90 Å². The second-order valence-electron chi connectivity index (χ2n) is 7.07. The largest absolute Gasteiger partial charge is 0.437 e. The van der Waals surface area contributed by atoms with E-state index in [-0.39, 0.29) is 29.5 Å². The highest BCUT2D eigenvalue weighted by molar-refractivity contribution is 7.22. The Morgan fingerprint density at radius 1 is 1.28 bits per heavy atom. The van der Waals surface area contributed by atoms with Gasteiger partial charge in [-0.2, -0.15) is 0 Å². The monoisotopic (exact) mass is 413 g/mol. The molecule has 0 saturated heterocycles. The number of nitrogens with zero attached hydrogens (tertiary/aromatic N) is 3. The van der Waals surface area contributed by atoms with Gasteiger partial charge in [0.25, 0.3) is 5.91 Å². The lowest BCUT2D eigenvalue weighted by Gasteiger charge is -2.27. The number of aliphatic hydroxyl groups excluding tert-OH is 1. The molecule has 2 aromatic heterocycles. The predicted octanol–water partition coefficient (Wildman–Crippen LogP) is 3.20. The summed E-state index contributed by atoms with van der Waals surface area (Å²) in [5.41, 5.74) is 1.07. The van der Waals surface area contributed by atoms with Crippen molar-refractivity contribution in [3.05, 3.63) is 36.3 Å². The predicted molar refractivity (Wildman–Crippen MR) is 112 cm³/mol. The molecule has 2 atom stereocenters. The third kappa shape index (κ3) is 4.63. The third-order valence-corrected chi connectivity index (χ3v) is 6.01. The van der Waals surface area contributed by atoms with Gasteiger partial charge in [0, 0.05) is 25.6 Å². The number of amides is 1. The smallest absolute Gasteiger partial charge is 0.271 e. The number of aromatic nitrogens is 3. The van der Waals surface area contributed by atoms with Gasteiger partial charge in [-0.25, -0.2) is 9.97 Å². The van der Waals surface area contributed by atoms with Gasteiger partial charge in [-0.1, -0.05) is 24.2 Å². The number of hydrogen-bond acceptors (Lipinski definition) is 8. The van der Waals surface area contributed by atoms with E-state index in [4.69, 9.17) is 4.74 Å². The molecule has 0 aliphatic heterocycles. The molecule has 1 amide bonds. The van der Waals surface area contributed by atoms with Gasteiger partial charge in [-0.3, -0.25) is 9.78 Å². The van der Waals surface area contributed by atoms with Gasteiger partial charge in [0.1, 0.15) is 11.4 Å². The van der Waals surface area contributed by atoms with Crippen molar-refractivity contribution < 1.29 is 14.6 Å². The van der Waals surface area contributed by atoms with Gasteiger partial charge in [0.2, 0.25) is 5.88 Å². The summed E-state index contributed by atoms with van der Waals surface area (Å²) in [6.45, 7) is 0.728. The quantitative estimate of drug-likeness (QED) is 0.569. The van der Waals surface area contributed by atoms with Crippen molar-refractivity contribution in [2.24, 2.45) is 5.92 Å². The summed E-state index contributed by atoms with van der Waals surface area (Å²) in [5.74, 6) is 0.804. The van der Waals surface area contributed by atoms with E-state index in [0.717, 1.165) is 41.2 Å². The number of carbonyl (C=O) groups excluding carboxylic acids is 1. The molecule has 0 spiro atoms. The minimum absolute atomic E-state index is 0.195. The SMILES string of the molecule is CNC(=O)c1cncc(Oc2ccc3nc(NCC4CCCC[C@H]4O)sc3c2)n1. The Bertz CT molecular complexity index is 1010. The third-order valence-electron chi connectivity index (χ3n) is 5.04. The summed E-state index contributed by atoms with van der Waals surface area (Å²) < 4.78 is 6.75. The molecule has 4 rings (SSSR count). The summed E-state index contributed by atoms with van der Waals surface area (Å²) in [6, 6.07) is 5.59. The first-order chi connectivity index (χ1) is 14.1. The van der Waals surface area contributed by atoms with Gasteiger partial charge < -0.3 is 20.5 Å².